The molecule has 1 amide bonds. The fourth-order valence-electron chi connectivity index (χ4n) is 3.30. The van der Waals surface area contributed by atoms with Crippen LogP contribution in [0.2, 0.25) is 0 Å². The molecule has 0 saturated heterocycles. The van der Waals surface area contributed by atoms with E-state index in [2.05, 4.69) is 15.5 Å². The highest BCUT2D eigenvalue weighted by molar-refractivity contribution is 6.13. The highest BCUT2D eigenvalue weighted by Crippen LogP contribution is 2.22. The Kier molecular flexibility index (Phi) is 4.02. The summed E-state index contributed by atoms with van der Waals surface area (Å²) in [5, 5.41) is 13.7. The molecule has 0 bridgehead atoms. The third-order valence-corrected chi connectivity index (χ3v) is 4.73. The number of fused-ring (bicyclic) bond motifs is 2. The van der Waals surface area contributed by atoms with Crippen LogP contribution < -0.4 is 5.32 Å². The fraction of sp³-hybridized carbons (Fsp3) is 0. The number of carbonyl (C=O) groups excluding carboxylic acids is 1. The van der Waals surface area contributed by atoms with Crippen LogP contribution in [0.25, 0.3) is 27.5 Å². The molecule has 0 fully saturated rings. The molecule has 5 aromatic rings. The number of nitrogens with zero attached hydrogens (tertiary/aromatic N) is 3. The van der Waals surface area contributed by atoms with E-state index in [-0.39, 0.29) is 11.7 Å². The summed E-state index contributed by atoms with van der Waals surface area (Å²) in [7, 11) is 0. The number of halogens is 1. The summed E-state index contributed by atoms with van der Waals surface area (Å²) in [6, 6.07) is 24.7. The van der Waals surface area contributed by atoms with E-state index in [1.807, 2.05) is 36.4 Å². The molecule has 0 spiro atoms. The van der Waals surface area contributed by atoms with Gasteiger partial charge in [-0.1, -0.05) is 36.4 Å². The molecule has 0 saturated carbocycles. The molecular weight excluding hydrogens is 367 g/mol. The molecule has 140 valence electrons. The van der Waals surface area contributed by atoms with Crippen molar-refractivity contribution in [2.24, 2.45) is 0 Å². The topological polar surface area (TPSA) is 59.8 Å². The number of nitrogens with one attached hydrogen (secondary N) is 1. The van der Waals surface area contributed by atoms with E-state index in [0.29, 0.717) is 28.0 Å². The summed E-state index contributed by atoms with van der Waals surface area (Å²) in [6.07, 6.45) is 0. The van der Waals surface area contributed by atoms with Crippen molar-refractivity contribution in [3.8, 4) is 5.69 Å². The number of hydrogen-bond donors (Lipinski definition) is 1. The monoisotopic (exact) mass is 382 g/mol. The Morgan fingerprint density at radius 2 is 1.59 bits per heavy atom. The van der Waals surface area contributed by atoms with Crippen molar-refractivity contribution in [3.05, 3.63) is 96.3 Å². The average molecular weight is 382 g/mol. The molecule has 6 heteroatoms. The maximum atomic E-state index is 13.1. The van der Waals surface area contributed by atoms with Crippen LogP contribution in [0.4, 0.5) is 10.1 Å². The van der Waals surface area contributed by atoms with Crippen molar-refractivity contribution in [2.75, 3.05) is 5.32 Å². The highest BCUT2D eigenvalue weighted by atomic mass is 19.1. The molecule has 4 aromatic carbocycles. The smallest absolute Gasteiger partial charge is 0.256 e. The molecule has 1 aromatic heterocycles. The van der Waals surface area contributed by atoms with E-state index in [1.165, 1.54) is 16.9 Å². The Hall–Kier alpha value is -4.06. The van der Waals surface area contributed by atoms with Crippen LogP contribution in [0.3, 0.4) is 0 Å². The molecule has 0 aliphatic rings. The average Bonchev–Trinajstić information content (AvgIpc) is 3.17. The van der Waals surface area contributed by atoms with Crippen molar-refractivity contribution >= 4 is 33.4 Å². The molecule has 0 unspecified atom stereocenters. The first-order valence-electron chi connectivity index (χ1n) is 9.09. The van der Waals surface area contributed by atoms with E-state index in [9.17, 15) is 9.18 Å². The second-order valence-electron chi connectivity index (χ2n) is 6.65. The lowest BCUT2D eigenvalue weighted by Crippen LogP contribution is -2.12. The lowest BCUT2D eigenvalue weighted by atomic mass is 10.0. The molecule has 1 heterocycles. The van der Waals surface area contributed by atoms with Gasteiger partial charge in [0, 0.05) is 11.3 Å². The molecule has 0 aliphatic carbocycles. The van der Waals surface area contributed by atoms with Gasteiger partial charge in [0.25, 0.3) is 5.91 Å². The summed E-state index contributed by atoms with van der Waals surface area (Å²) < 4.78 is 13.1. The lowest BCUT2D eigenvalue weighted by Gasteiger charge is -2.08. The van der Waals surface area contributed by atoms with Gasteiger partial charge in [0.15, 0.2) is 0 Å². The number of amides is 1. The zero-order valence-corrected chi connectivity index (χ0v) is 15.2. The minimum absolute atomic E-state index is 0.188. The Morgan fingerprint density at radius 3 is 2.45 bits per heavy atom. The van der Waals surface area contributed by atoms with Crippen molar-refractivity contribution in [3.63, 3.8) is 0 Å². The van der Waals surface area contributed by atoms with Gasteiger partial charge in [-0.2, -0.15) is 4.80 Å². The number of aromatic nitrogens is 3. The SMILES string of the molecule is O=C(Nc1ccc2nn(-c3ccc(F)cc3)nc2c1)c1cccc2ccccc12. The van der Waals surface area contributed by atoms with Gasteiger partial charge in [-0.3, -0.25) is 4.79 Å². The number of rotatable bonds is 3. The molecule has 0 atom stereocenters. The van der Waals surface area contributed by atoms with E-state index in [0.717, 1.165) is 10.8 Å². The predicted molar refractivity (Wildman–Crippen MR) is 111 cm³/mol. The molecular formula is C23H15FN4O. The lowest BCUT2D eigenvalue weighted by molar-refractivity contribution is 0.102. The van der Waals surface area contributed by atoms with Crippen LogP contribution in [-0.2, 0) is 0 Å². The Morgan fingerprint density at radius 1 is 0.828 bits per heavy atom. The Bertz CT molecular complexity index is 1350. The van der Waals surface area contributed by atoms with Crippen molar-refractivity contribution < 1.29 is 9.18 Å². The normalized spacial score (nSPS) is 11.1. The second kappa shape index (κ2) is 6.83. The molecule has 1 N–H and O–H groups in total. The third-order valence-electron chi connectivity index (χ3n) is 4.73. The molecule has 29 heavy (non-hydrogen) atoms. The molecule has 0 radical (unpaired) electrons. The van der Waals surface area contributed by atoms with Crippen LogP contribution in [0.15, 0.2) is 84.9 Å². The maximum Gasteiger partial charge on any atom is 0.256 e. The predicted octanol–water partition coefficient (Wildman–Crippen LogP) is 4.97. The maximum absolute atomic E-state index is 13.1. The largest absolute Gasteiger partial charge is 0.322 e. The van der Waals surface area contributed by atoms with Crippen molar-refractivity contribution in [2.45, 2.75) is 0 Å². The first-order valence-corrected chi connectivity index (χ1v) is 9.09. The van der Waals surface area contributed by atoms with Gasteiger partial charge in [-0.05, 0) is 59.3 Å². The van der Waals surface area contributed by atoms with Gasteiger partial charge in [0.1, 0.15) is 16.9 Å². The van der Waals surface area contributed by atoms with E-state index in [4.69, 9.17) is 0 Å². The Labute approximate surface area is 165 Å². The van der Waals surface area contributed by atoms with Gasteiger partial charge >= 0.3 is 0 Å². The number of hydrogen-bond acceptors (Lipinski definition) is 3. The van der Waals surface area contributed by atoms with Gasteiger partial charge in [0.05, 0.1) is 5.69 Å². The van der Waals surface area contributed by atoms with E-state index >= 15 is 0 Å². The van der Waals surface area contributed by atoms with Gasteiger partial charge in [-0.25, -0.2) is 4.39 Å². The molecule has 0 aliphatic heterocycles. The zero-order chi connectivity index (χ0) is 19.8. The zero-order valence-electron chi connectivity index (χ0n) is 15.2. The van der Waals surface area contributed by atoms with Crippen LogP contribution in [0.5, 0.6) is 0 Å². The third kappa shape index (κ3) is 3.21. The van der Waals surface area contributed by atoms with Gasteiger partial charge < -0.3 is 5.32 Å². The standard InChI is InChI=1S/C23H15FN4O/c24-16-8-11-18(12-9-16)28-26-21-13-10-17(14-22(21)27-28)25-23(29)20-7-3-5-15-4-1-2-6-19(15)20/h1-14H,(H,25,29). The van der Waals surface area contributed by atoms with Crippen LogP contribution >= 0.6 is 0 Å². The fourth-order valence-corrected chi connectivity index (χ4v) is 3.30. The number of benzene rings is 4. The van der Waals surface area contributed by atoms with Gasteiger partial charge in [-0.15, -0.1) is 10.2 Å². The molecule has 5 nitrogen and oxygen atoms in total. The van der Waals surface area contributed by atoms with Crippen LogP contribution in [0.1, 0.15) is 10.4 Å². The number of carbonyl (C=O) groups is 1. The molecule has 5 rings (SSSR count). The number of anilines is 1. The minimum Gasteiger partial charge on any atom is -0.322 e. The quantitative estimate of drug-likeness (QED) is 0.479. The summed E-state index contributed by atoms with van der Waals surface area (Å²) >= 11 is 0. The summed E-state index contributed by atoms with van der Waals surface area (Å²) in [6.45, 7) is 0. The summed E-state index contributed by atoms with van der Waals surface area (Å²) in [5.74, 6) is -0.504. The van der Waals surface area contributed by atoms with Crippen LogP contribution in [-0.4, -0.2) is 20.9 Å². The van der Waals surface area contributed by atoms with E-state index in [1.54, 1.807) is 36.4 Å². The minimum atomic E-state index is -0.316. The highest BCUT2D eigenvalue weighted by Gasteiger charge is 2.11. The summed E-state index contributed by atoms with van der Waals surface area (Å²) in [5.41, 5.74) is 3.20. The first kappa shape index (κ1) is 17.1. The second-order valence-corrected chi connectivity index (χ2v) is 6.65. The van der Waals surface area contributed by atoms with Crippen molar-refractivity contribution in [1.82, 2.24) is 15.0 Å². The van der Waals surface area contributed by atoms with E-state index < -0.39 is 0 Å². The first-order chi connectivity index (χ1) is 14.2. The van der Waals surface area contributed by atoms with Crippen molar-refractivity contribution in [1.29, 1.82) is 0 Å². The van der Waals surface area contributed by atoms with Gasteiger partial charge in [0.2, 0.25) is 0 Å². The summed E-state index contributed by atoms with van der Waals surface area (Å²) in [4.78, 5) is 14.3. The van der Waals surface area contributed by atoms with Crippen LogP contribution in [0, 0.1) is 5.82 Å². The Balaban J connectivity index is 1.46.